The Labute approximate surface area is 119 Å². The van der Waals surface area contributed by atoms with Crippen LogP contribution in [0.25, 0.3) is 11.4 Å². The molecule has 0 saturated heterocycles. The van der Waals surface area contributed by atoms with Gasteiger partial charge in [-0.3, -0.25) is 0 Å². The molecule has 0 fully saturated rings. The molecule has 0 aliphatic heterocycles. The third-order valence-electron chi connectivity index (χ3n) is 2.91. The number of hydrogen-bond acceptors (Lipinski definition) is 5. The Kier molecular flexibility index (Phi) is 3.46. The predicted molar refractivity (Wildman–Crippen MR) is 75.0 cm³/mol. The summed E-state index contributed by atoms with van der Waals surface area (Å²) >= 11 is 0. The van der Waals surface area contributed by atoms with Crippen molar-refractivity contribution in [2.24, 2.45) is 0 Å². The summed E-state index contributed by atoms with van der Waals surface area (Å²) in [4.78, 5) is 0. The molecule has 0 radical (unpaired) electrons. The average Bonchev–Trinajstić information content (AvgIpc) is 2.99. The molecule has 0 amide bonds. The van der Waals surface area contributed by atoms with Gasteiger partial charge in [0.1, 0.15) is 11.6 Å². The van der Waals surface area contributed by atoms with Gasteiger partial charge < -0.3 is 10.4 Å². The summed E-state index contributed by atoms with van der Waals surface area (Å²) in [5.74, 6) is -0.0539. The molecule has 0 aliphatic carbocycles. The maximum absolute atomic E-state index is 13.2. The zero-order valence-electron chi connectivity index (χ0n) is 10.9. The molecule has 0 saturated carbocycles. The van der Waals surface area contributed by atoms with E-state index in [-0.39, 0.29) is 5.75 Å². The average molecular weight is 285 g/mol. The highest BCUT2D eigenvalue weighted by Crippen LogP contribution is 2.20. The quantitative estimate of drug-likeness (QED) is 0.685. The van der Waals surface area contributed by atoms with E-state index in [4.69, 9.17) is 0 Å². The maximum atomic E-state index is 13.2. The molecule has 3 N–H and O–H groups in total. The zero-order valence-corrected chi connectivity index (χ0v) is 10.9. The minimum absolute atomic E-state index is 0.0904. The number of phenolic OH excluding ortho intramolecular Hbond substituents is 1. The Balaban J connectivity index is 1.75. The lowest BCUT2D eigenvalue weighted by Gasteiger charge is -2.08. The SMILES string of the molecule is Oc1cc(F)cc(CNc2cccc(-c3nn[nH]n3)c2)c1. The number of H-pyrrole nitrogens is 1. The normalized spacial score (nSPS) is 10.5. The predicted octanol–water partition coefficient (Wildman–Crippen LogP) is 2.32. The van der Waals surface area contributed by atoms with Crippen molar-refractivity contribution >= 4 is 5.69 Å². The van der Waals surface area contributed by atoms with E-state index in [2.05, 4.69) is 25.9 Å². The van der Waals surface area contributed by atoms with Gasteiger partial charge in [-0.15, -0.1) is 10.2 Å². The number of rotatable bonds is 4. The lowest BCUT2D eigenvalue weighted by molar-refractivity contribution is 0.468. The van der Waals surface area contributed by atoms with E-state index in [9.17, 15) is 9.50 Å². The molecule has 0 bridgehead atoms. The number of anilines is 1. The molecule has 21 heavy (non-hydrogen) atoms. The highest BCUT2D eigenvalue weighted by molar-refractivity contribution is 5.61. The number of hydrogen-bond donors (Lipinski definition) is 3. The summed E-state index contributed by atoms with van der Waals surface area (Å²) < 4.78 is 13.2. The van der Waals surface area contributed by atoms with Crippen molar-refractivity contribution in [2.75, 3.05) is 5.32 Å². The fourth-order valence-corrected chi connectivity index (χ4v) is 1.99. The summed E-state index contributed by atoms with van der Waals surface area (Å²) in [5, 5.41) is 26.3. The van der Waals surface area contributed by atoms with Crippen LogP contribution in [-0.4, -0.2) is 25.7 Å². The largest absolute Gasteiger partial charge is 0.508 e. The Morgan fingerprint density at radius 3 is 2.86 bits per heavy atom. The zero-order chi connectivity index (χ0) is 14.7. The Morgan fingerprint density at radius 2 is 2.10 bits per heavy atom. The monoisotopic (exact) mass is 285 g/mol. The van der Waals surface area contributed by atoms with E-state index in [0.29, 0.717) is 17.9 Å². The van der Waals surface area contributed by atoms with Crippen LogP contribution in [0.15, 0.2) is 42.5 Å². The molecule has 6 nitrogen and oxygen atoms in total. The van der Waals surface area contributed by atoms with Gasteiger partial charge in [-0.05, 0) is 35.0 Å². The first kappa shape index (κ1) is 13.0. The highest BCUT2D eigenvalue weighted by atomic mass is 19.1. The number of aromatic nitrogens is 4. The van der Waals surface area contributed by atoms with Gasteiger partial charge >= 0.3 is 0 Å². The van der Waals surface area contributed by atoms with Crippen LogP contribution in [0.3, 0.4) is 0 Å². The Morgan fingerprint density at radius 1 is 1.19 bits per heavy atom. The fraction of sp³-hybridized carbons (Fsp3) is 0.0714. The van der Waals surface area contributed by atoms with Crippen molar-refractivity contribution in [3.8, 4) is 17.1 Å². The fourth-order valence-electron chi connectivity index (χ4n) is 1.99. The molecule has 2 aromatic carbocycles. The minimum Gasteiger partial charge on any atom is -0.508 e. The molecule has 0 atom stereocenters. The lowest BCUT2D eigenvalue weighted by Crippen LogP contribution is -2.00. The van der Waals surface area contributed by atoms with Gasteiger partial charge in [-0.2, -0.15) is 5.21 Å². The van der Waals surface area contributed by atoms with E-state index in [1.165, 1.54) is 12.1 Å². The molecule has 1 aromatic heterocycles. The summed E-state index contributed by atoms with van der Waals surface area (Å²) in [5.41, 5.74) is 2.30. The van der Waals surface area contributed by atoms with Gasteiger partial charge in [0.25, 0.3) is 0 Å². The third kappa shape index (κ3) is 3.14. The molecular weight excluding hydrogens is 273 g/mol. The second-order valence-corrected chi connectivity index (χ2v) is 4.49. The number of tetrazole rings is 1. The minimum atomic E-state index is -0.465. The molecular formula is C14H12FN5O. The smallest absolute Gasteiger partial charge is 0.204 e. The molecule has 7 heteroatoms. The van der Waals surface area contributed by atoms with Crippen molar-refractivity contribution in [1.29, 1.82) is 0 Å². The molecule has 1 heterocycles. The Hall–Kier alpha value is -2.96. The standard InChI is InChI=1S/C14H12FN5O/c15-11-4-9(5-13(21)7-11)8-16-12-3-1-2-10(6-12)14-17-19-20-18-14/h1-7,16,21H,8H2,(H,17,18,19,20). The number of aromatic amines is 1. The van der Waals surface area contributed by atoms with E-state index in [1.807, 2.05) is 24.3 Å². The van der Waals surface area contributed by atoms with Crippen LogP contribution in [0.5, 0.6) is 5.75 Å². The second-order valence-electron chi connectivity index (χ2n) is 4.49. The van der Waals surface area contributed by atoms with Gasteiger partial charge in [0.2, 0.25) is 5.82 Å². The van der Waals surface area contributed by atoms with E-state index in [1.54, 1.807) is 0 Å². The number of benzene rings is 2. The first-order valence-corrected chi connectivity index (χ1v) is 6.27. The molecule has 3 rings (SSSR count). The van der Waals surface area contributed by atoms with Crippen LogP contribution in [0.1, 0.15) is 5.56 Å². The van der Waals surface area contributed by atoms with Crippen LogP contribution in [-0.2, 0) is 6.54 Å². The first-order chi connectivity index (χ1) is 10.2. The molecule has 106 valence electrons. The van der Waals surface area contributed by atoms with Gasteiger partial charge in [0.15, 0.2) is 0 Å². The van der Waals surface area contributed by atoms with Crippen molar-refractivity contribution in [3.05, 3.63) is 53.8 Å². The van der Waals surface area contributed by atoms with Gasteiger partial charge in [-0.1, -0.05) is 12.1 Å². The van der Waals surface area contributed by atoms with Crippen LogP contribution >= 0.6 is 0 Å². The summed E-state index contributed by atoms with van der Waals surface area (Å²) in [6.45, 7) is 0.390. The van der Waals surface area contributed by atoms with Crippen LogP contribution in [0, 0.1) is 5.82 Å². The van der Waals surface area contributed by atoms with Crippen molar-refractivity contribution < 1.29 is 9.50 Å². The lowest BCUT2D eigenvalue weighted by atomic mass is 10.1. The van der Waals surface area contributed by atoms with Crippen LogP contribution < -0.4 is 5.32 Å². The summed E-state index contributed by atoms with van der Waals surface area (Å²) in [7, 11) is 0. The van der Waals surface area contributed by atoms with Crippen molar-refractivity contribution in [2.45, 2.75) is 6.54 Å². The van der Waals surface area contributed by atoms with E-state index in [0.717, 1.165) is 17.3 Å². The number of nitrogens with zero attached hydrogens (tertiary/aromatic N) is 3. The molecule has 0 aliphatic rings. The summed E-state index contributed by atoms with van der Waals surface area (Å²) in [6.07, 6.45) is 0. The van der Waals surface area contributed by atoms with Crippen molar-refractivity contribution in [3.63, 3.8) is 0 Å². The van der Waals surface area contributed by atoms with E-state index >= 15 is 0 Å². The summed E-state index contributed by atoms with van der Waals surface area (Å²) in [6, 6.07) is 11.4. The van der Waals surface area contributed by atoms with Crippen LogP contribution in [0.2, 0.25) is 0 Å². The van der Waals surface area contributed by atoms with Crippen LogP contribution in [0.4, 0.5) is 10.1 Å². The number of nitrogens with one attached hydrogen (secondary N) is 2. The van der Waals surface area contributed by atoms with Gasteiger partial charge in [-0.25, -0.2) is 4.39 Å². The molecule has 3 aromatic rings. The molecule has 0 spiro atoms. The van der Waals surface area contributed by atoms with Crippen molar-refractivity contribution in [1.82, 2.24) is 20.6 Å². The maximum Gasteiger partial charge on any atom is 0.204 e. The number of halogens is 1. The Bertz CT molecular complexity index is 725. The van der Waals surface area contributed by atoms with Gasteiger partial charge in [0.05, 0.1) is 0 Å². The number of phenols is 1. The molecule has 0 unspecified atom stereocenters. The first-order valence-electron chi connectivity index (χ1n) is 6.27. The number of aromatic hydroxyl groups is 1. The third-order valence-corrected chi connectivity index (χ3v) is 2.91. The second kappa shape index (κ2) is 5.58. The van der Waals surface area contributed by atoms with Gasteiger partial charge in [0, 0.05) is 23.9 Å². The topological polar surface area (TPSA) is 86.7 Å². The van der Waals surface area contributed by atoms with E-state index < -0.39 is 5.82 Å². The highest BCUT2D eigenvalue weighted by Gasteiger charge is 2.04.